The van der Waals surface area contributed by atoms with Crippen molar-refractivity contribution in [3.05, 3.63) is 76.9 Å². The molecule has 0 fully saturated rings. The summed E-state index contributed by atoms with van der Waals surface area (Å²) in [6.07, 6.45) is -1.59. The van der Waals surface area contributed by atoms with Crippen molar-refractivity contribution >= 4 is 27.3 Å². The molecule has 0 aliphatic rings. The van der Waals surface area contributed by atoms with Crippen molar-refractivity contribution in [3.63, 3.8) is 0 Å². The molecule has 0 N–H and O–H groups in total. The van der Waals surface area contributed by atoms with Crippen molar-refractivity contribution in [2.75, 3.05) is 6.61 Å². The summed E-state index contributed by atoms with van der Waals surface area (Å²) in [5.74, 6) is -0.906. The molecule has 0 aromatic heterocycles. The number of carbonyl (C=O) groups is 1. The summed E-state index contributed by atoms with van der Waals surface area (Å²) in [4.78, 5) is 22.0. The van der Waals surface area contributed by atoms with Crippen molar-refractivity contribution in [1.82, 2.24) is 0 Å². The molecule has 0 spiro atoms. The molecule has 1 unspecified atom stereocenters. The van der Waals surface area contributed by atoms with Crippen molar-refractivity contribution < 1.29 is 27.1 Å². The Morgan fingerprint density at radius 1 is 1.15 bits per heavy atom. The van der Waals surface area contributed by atoms with Crippen LogP contribution < -0.4 is 0 Å². The zero-order chi connectivity index (χ0) is 20.0. The number of benzene rings is 2. The van der Waals surface area contributed by atoms with E-state index in [1.807, 2.05) is 0 Å². The standard InChI is InChI=1S/C18H17NO7S/c1-3-25-18(20)17(13(2)14-7-5-4-6-8-14)26-27(23,24)16-11-9-15(10-12-16)19(21)22/h4-12,17H,2-3H2,1H3. The summed E-state index contributed by atoms with van der Waals surface area (Å²) in [6.45, 7) is 5.36. The summed E-state index contributed by atoms with van der Waals surface area (Å²) < 4.78 is 35.0. The molecule has 0 bridgehead atoms. The normalized spacial score (nSPS) is 12.2. The number of hydrogen-bond donors (Lipinski definition) is 0. The second-order valence-electron chi connectivity index (χ2n) is 5.32. The van der Waals surface area contributed by atoms with Gasteiger partial charge in [-0.05, 0) is 30.2 Å². The van der Waals surface area contributed by atoms with Crippen LogP contribution in [0.25, 0.3) is 5.57 Å². The maximum atomic E-state index is 12.5. The zero-order valence-corrected chi connectivity index (χ0v) is 15.2. The van der Waals surface area contributed by atoms with Gasteiger partial charge in [0, 0.05) is 12.1 Å². The molecule has 2 aromatic rings. The molecule has 0 amide bonds. The molecule has 0 saturated heterocycles. The first-order valence-corrected chi connectivity index (χ1v) is 9.25. The van der Waals surface area contributed by atoms with Crippen LogP contribution in [0.1, 0.15) is 12.5 Å². The molecule has 0 aliphatic heterocycles. The van der Waals surface area contributed by atoms with Gasteiger partial charge in [-0.25, -0.2) is 8.98 Å². The summed E-state index contributed by atoms with van der Waals surface area (Å²) in [5.41, 5.74) is 0.346. The SMILES string of the molecule is C=C(c1ccccc1)C(OS(=O)(=O)c1ccc([N+](=O)[O-])cc1)C(=O)OCC. The van der Waals surface area contributed by atoms with Gasteiger partial charge in [0.2, 0.25) is 0 Å². The maximum Gasteiger partial charge on any atom is 0.341 e. The molecule has 0 saturated carbocycles. The van der Waals surface area contributed by atoms with Crippen molar-refractivity contribution in [3.8, 4) is 0 Å². The lowest BCUT2D eigenvalue weighted by atomic mass is 10.0. The highest BCUT2D eigenvalue weighted by molar-refractivity contribution is 7.86. The zero-order valence-electron chi connectivity index (χ0n) is 14.4. The average Bonchev–Trinajstić information content (AvgIpc) is 2.66. The van der Waals surface area contributed by atoms with Crippen LogP contribution in [0.4, 0.5) is 5.69 Å². The van der Waals surface area contributed by atoms with Crippen molar-refractivity contribution in [2.45, 2.75) is 17.9 Å². The Labute approximate surface area is 156 Å². The molecular weight excluding hydrogens is 374 g/mol. The molecule has 0 aliphatic carbocycles. The van der Waals surface area contributed by atoms with E-state index in [9.17, 15) is 23.3 Å². The van der Waals surface area contributed by atoms with Gasteiger partial charge in [-0.1, -0.05) is 36.9 Å². The second kappa shape index (κ2) is 8.56. The topological polar surface area (TPSA) is 113 Å². The molecule has 27 heavy (non-hydrogen) atoms. The minimum Gasteiger partial charge on any atom is -0.464 e. The minimum absolute atomic E-state index is 0.0261. The molecule has 1 atom stereocenters. The summed E-state index contributed by atoms with van der Waals surface area (Å²) in [6, 6.07) is 12.6. The number of esters is 1. The lowest BCUT2D eigenvalue weighted by Crippen LogP contribution is -2.30. The second-order valence-corrected chi connectivity index (χ2v) is 6.90. The average molecular weight is 391 g/mol. The third-order valence-corrected chi connectivity index (χ3v) is 4.82. The summed E-state index contributed by atoms with van der Waals surface area (Å²) >= 11 is 0. The Morgan fingerprint density at radius 3 is 2.26 bits per heavy atom. The first-order valence-electron chi connectivity index (χ1n) is 7.85. The lowest BCUT2D eigenvalue weighted by molar-refractivity contribution is -0.384. The summed E-state index contributed by atoms with van der Waals surface area (Å²) in [7, 11) is -4.40. The van der Waals surface area contributed by atoms with Crippen LogP contribution in [0.15, 0.2) is 66.1 Å². The van der Waals surface area contributed by atoms with Crippen LogP contribution in [0.3, 0.4) is 0 Å². The number of ether oxygens (including phenoxy) is 1. The van der Waals surface area contributed by atoms with E-state index in [0.29, 0.717) is 5.56 Å². The van der Waals surface area contributed by atoms with Crippen molar-refractivity contribution in [1.29, 1.82) is 0 Å². The van der Waals surface area contributed by atoms with E-state index in [0.717, 1.165) is 24.3 Å². The molecule has 8 nitrogen and oxygen atoms in total. The predicted molar refractivity (Wildman–Crippen MR) is 97.3 cm³/mol. The highest BCUT2D eigenvalue weighted by atomic mass is 32.2. The number of nitro groups is 1. The third-order valence-electron chi connectivity index (χ3n) is 3.52. The first-order chi connectivity index (χ1) is 12.8. The van der Waals surface area contributed by atoms with E-state index in [2.05, 4.69) is 6.58 Å². The van der Waals surface area contributed by atoms with Gasteiger partial charge in [0.15, 0.2) is 6.10 Å². The van der Waals surface area contributed by atoms with Crippen molar-refractivity contribution in [2.24, 2.45) is 0 Å². The first kappa shape index (κ1) is 20.3. The fourth-order valence-electron chi connectivity index (χ4n) is 2.18. The third kappa shape index (κ3) is 4.99. The molecule has 142 valence electrons. The van der Waals surface area contributed by atoms with E-state index in [-0.39, 0.29) is 22.8 Å². The Balaban J connectivity index is 2.34. The van der Waals surface area contributed by atoms with Crippen LogP contribution in [0.2, 0.25) is 0 Å². The molecule has 2 rings (SSSR count). The van der Waals surface area contributed by atoms with Gasteiger partial charge in [0.05, 0.1) is 16.4 Å². The number of rotatable bonds is 8. The molecule has 0 radical (unpaired) electrons. The largest absolute Gasteiger partial charge is 0.464 e. The molecule has 2 aromatic carbocycles. The fraction of sp³-hybridized carbons (Fsp3) is 0.167. The van der Waals surface area contributed by atoms with Gasteiger partial charge >= 0.3 is 5.97 Å². The fourth-order valence-corrected chi connectivity index (χ4v) is 3.21. The minimum atomic E-state index is -4.40. The Hall–Kier alpha value is -3.04. The maximum absolute atomic E-state index is 12.5. The highest BCUT2D eigenvalue weighted by Crippen LogP contribution is 2.25. The van der Waals surface area contributed by atoms with E-state index >= 15 is 0 Å². The van der Waals surface area contributed by atoms with E-state index in [4.69, 9.17) is 8.92 Å². The Bertz CT molecular complexity index is 937. The summed E-state index contributed by atoms with van der Waals surface area (Å²) in [5, 5.41) is 10.7. The molecular formula is C18H17NO7S. The van der Waals surface area contributed by atoms with E-state index in [1.54, 1.807) is 37.3 Å². The van der Waals surface area contributed by atoms with E-state index < -0.39 is 27.1 Å². The lowest BCUT2D eigenvalue weighted by Gasteiger charge is -2.18. The van der Waals surface area contributed by atoms with Gasteiger partial charge in [0.1, 0.15) is 0 Å². The monoisotopic (exact) mass is 391 g/mol. The van der Waals surface area contributed by atoms with Crippen LogP contribution in [-0.4, -0.2) is 32.0 Å². The van der Waals surface area contributed by atoms with Crippen LogP contribution in [-0.2, 0) is 23.8 Å². The quantitative estimate of drug-likeness (QED) is 0.294. The van der Waals surface area contributed by atoms with Gasteiger partial charge in [-0.3, -0.25) is 10.1 Å². The molecule has 0 heterocycles. The molecule has 9 heteroatoms. The van der Waals surface area contributed by atoms with Gasteiger partial charge in [0.25, 0.3) is 15.8 Å². The Kier molecular flexibility index (Phi) is 6.43. The van der Waals surface area contributed by atoms with E-state index in [1.165, 1.54) is 0 Å². The van der Waals surface area contributed by atoms with Gasteiger partial charge < -0.3 is 4.74 Å². The smallest absolute Gasteiger partial charge is 0.341 e. The number of non-ortho nitro benzene ring substituents is 1. The van der Waals surface area contributed by atoms with Gasteiger partial charge in [-0.2, -0.15) is 8.42 Å². The number of nitro benzene ring substituents is 1. The number of carbonyl (C=O) groups excluding carboxylic acids is 1. The Morgan fingerprint density at radius 2 is 1.74 bits per heavy atom. The van der Waals surface area contributed by atoms with Crippen LogP contribution in [0, 0.1) is 10.1 Å². The number of hydrogen-bond acceptors (Lipinski definition) is 7. The highest BCUT2D eigenvalue weighted by Gasteiger charge is 2.32. The number of nitrogens with zero attached hydrogens (tertiary/aromatic N) is 1. The predicted octanol–water partition coefficient (Wildman–Crippen LogP) is 2.95. The van der Waals surface area contributed by atoms with Crippen LogP contribution in [0.5, 0.6) is 0 Å². The van der Waals surface area contributed by atoms with Crippen LogP contribution >= 0.6 is 0 Å². The van der Waals surface area contributed by atoms with Gasteiger partial charge in [-0.15, -0.1) is 0 Å².